The van der Waals surface area contributed by atoms with Crippen molar-refractivity contribution in [3.8, 4) is 0 Å². The lowest BCUT2D eigenvalue weighted by Gasteiger charge is -1.95. The highest BCUT2D eigenvalue weighted by molar-refractivity contribution is 9.08. The second-order valence-corrected chi connectivity index (χ2v) is 4.81. The van der Waals surface area contributed by atoms with Crippen molar-refractivity contribution in [2.75, 3.05) is 0 Å². The molecule has 0 amide bonds. The zero-order valence-electron chi connectivity index (χ0n) is 7.37. The maximum atomic E-state index is 10.4. The first-order valence-corrected chi connectivity index (χ1v) is 6.12. The average molecular weight is 335 g/mol. The van der Waals surface area contributed by atoms with Gasteiger partial charge in [-0.25, -0.2) is 0 Å². The second-order valence-electron chi connectivity index (χ2n) is 2.27. The van der Waals surface area contributed by atoms with Crippen LogP contribution in [0.25, 0.3) is 0 Å². The number of halogens is 4. The molecule has 0 saturated carbocycles. The molecule has 0 heterocycles. The zero-order valence-corrected chi connectivity index (χ0v) is 11.2. The molecule has 15 heavy (non-hydrogen) atoms. The molecule has 1 aromatic carbocycles. The Kier molecular flexibility index (Phi) is 8.14. The van der Waals surface area contributed by atoms with Crippen LogP contribution in [0.5, 0.6) is 0 Å². The number of nitro groups is 1. The Morgan fingerprint density at radius 1 is 1.33 bits per heavy atom. The van der Waals surface area contributed by atoms with Gasteiger partial charge in [-0.15, -0.1) is 0 Å². The molecule has 0 aliphatic heterocycles. The van der Waals surface area contributed by atoms with E-state index in [9.17, 15) is 10.1 Å². The molecule has 84 valence electrons. The fourth-order valence-corrected chi connectivity index (χ4v) is 1.28. The van der Waals surface area contributed by atoms with Crippen LogP contribution < -0.4 is 0 Å². The maximum absolute atomic E-state index is 10.4. The van der Waals surface area contributed by atoms with Crippen molar-refractivity contribution in [3.63, 3.8) is 0 Å². The summed E-state index contributed by atoms with van der Waals surface area (Å²) in [4.78, 5) is 9.99. The molecule has 1 rings (SSSR count). The van der Waals surface area contributed by atoms with E-state index in [-0.39, 0.29) is 10.6 Å². The lowest BCUT2D eigenvalue weighted by molar-refractivity contribution is -0.385. The van der Waals surface area contributed by atoms with E-state index in [1.54, 1.807) is 18.2 Å². The Bertz CT molecular complexity index is 320. The van der Waals surface area contributed by atoms with Gasteiger partial charge < -0.3 is 0 Å². The van der Waals surface area contributed by atoms with E-state index >= 15 is 0 Å². The van der Waals surface area contributed by atoms with Crippen LogP contribution in [0.1, 0.15) is 5.56 Å². The van der Waals surface area contributed by atoms with Gasteiger partial charge in [0.25, 0.3) is 5.69 Å². The van der Waals surface area contributed by atoms with Crippen molar-refractivity contribution in [2.24, 2.45) is 0 Å². The second kappa shape index (κ2) is 8.16. The van der Waals surface area contributed by atoms with Gasteiger partial charge in [-0.2, -0.15) is 0 Å². The highest BCUT2D eigenvalue weighted by Gasteiger charge is 2.09. The topological polar surface area (TPSA) is 43.1 Å². The van der Waals surface area contributed by atoms with Gasteiger partial charge in [0.2, 0.25) is 0 Å². The first-order chi connectivity index (χ1) is 6.99. The Labute approximate surface area is 111 Å². The third-order valence-corrected chi connectivity index (χ3v) is 1.94. The number of nitro benzene ring substituents is 1. The van der Waals surface area contributed by atoms with Gasteiger partial charge in [0, 0.05) is 17.0 Å². The number of para-hydroxylation sites is 1. The number of hydrogen-bond acceptors (Lipinski definition) is 2. The Balaban J connectivity index is 0.000000423. The molecule has 7 heteroatoms. The van der Waals surface area contributed by atoms with Crippen molar-refractivity contribution in [1.82, 2.24) is 0 Å². The van der Waals surface area contributed by atoms with E-state index in [0.29, 0.717) is 10.9 Å². The minimum absolute atomic E-state index is 0.171. The molecule has 0 N–H and O–H groups in total. The summed E-state index contributed by atoms with van der Waals surface area (Å²) in [5.74, 6) is 0. The highest BCUT2D eigenvalue weighted by Crippen LogP contribution is 2.19. The summed E-state index contributed by atoms with van der Waals surface area (Å²) >= 11 is 17.6. The molecule has 0 fully saturated rings. The standard InChI is InChI=1S/C7H6BrNO2.CHCl3/c8-5-6-3-1-2-4-7(6)9(10)11;2-1(3)4/h1-4H,5H2;1H. The summed E-state index contributed by atoms with van der Waals surface area (Å²) in [6, 6.07) is 6.66. The molecule has 0 atom stereocenters. The summed E-state index contributed by atoms with van der Waals surface area (Å²) in [7, 11) is 0. The molecule has 0 spiro atoms. The molecule has 0 aromatic heterocycles. The van der Waals surface area contributed by atoms with Crippen molar-refractivity contribution in [2.45, 2.75) is 9.63 Å². The predicted molar refractivity (Wildman–Crippen MR) is 67.1 cm³/mol. The third kappa shape index (κ3) is 6.95. The molecule has 0 radical (unpaired) electrons. The number of rotatable bonds is 2. The van der Waals surface area contributed by atoms with E-state index in [2.05, 4.69) is 15.9 Å². The van der Waals surface area contributed by atoms with E-state index in [4.69, 9.17) is 34.8 Å². The normalized spacial score (nSPS) is 9.40. The van der Waals surface area contributed by atoms with E-state index in [1.807, 2.05) is 0 Å². The predicted octanol–water partition coefficient (Wildman–Crippen LogP) is 4.48. The zero-order chi connectivity index (χ0) is 11.8. The van der Waals surface area contributed by atoms with E-state index in [1.165, 1.54) is 6.07 Å². The molecule has 0 bridgehead atoms. The summed E-state index contributed by atoms with van der Waals surface area (Å²) in [6.45, 7) is 0. The highest BCUT2D eigenvalue weighted by atomic mass is 79.9. The number of alkyl halides is 4. The van der Waals surface area contributed by atoms with Gasteiger partial charge in [0.15, 0.2) is 4.30 Å². The SMILES string of the molecule is ClC(Cl)Cl.O=[N+]([O-])c1ccccc1CBr. The van der Waals surface area contributed by atoms with Gasteiger partial charge in [0.1, 0.15) is 0 Å². The minimum Gasteiger partial charge on any atom is -0.258 e. The summed E-state index contributed by atoms with van der Waals surface area (Å²) in [6.07, 6.45) is 0. The van der Waals surface area contributed by atoms with Crippen molar-refractivity contribution in [3.05, 3.63) is 39.9 Å². The van der Waals surface area contributed by atoms with Crippen LogP contribution >= 0.6 is 50.7 Å². The molecule has 1 aromatic rings. The van der Waals surface area contributed by atoms with Crippen molar-refractivity contribution >= 4 is 56.4 Å². The summed E-state index contributed by atoms with van der Waals surface area (Å²) in [5, 5.41) is 10.9. The van der Waals surface area contributed by atoms with Gasteiger partial charge in [0.05, 0.1) is 4.92 Å². The Hall–Kier alpha value is -0.0300. The van der Waals surface area contributed by atoms with Crippen molar-refractivity contribution < 1.29 is 4.92 Å². The summed E-state index contributed by atoms with van der Waals surface area (Å²) in [5.41, 5.74) is 0.877. The fraction of sp³-hybridized carbons (Fsp3) is 0.250. The van der Waals surface area contributed by atoms with Crippen LogP contribution in [-0.2, 0) is 5.33 Å². The first kappa shape index (κ1) is 15.0. The van der Waals surface area contributed by atoms with Crippen LogP contribution in [0.4, 0.5) is 5.69 Å². The lowest BCUT2D eigenvalue weighted by atomic mass is 10.2. The third-order valence-electron chi connectivity index (χ3n) is 1.33. The Morgan fingerprint density at radius 2 is 1.80 bits per heavy atom. The average Bonchev–Trinajstić information content (AvgIpc) is 2.16. The van der Waals surface area contributed by atoms with Gasteiger partial charge >= 0.3 is 0 Å². The molecule has 3 nitrogen and oxygen atoms in total. The minimum atomic E-state index is -0.750. The molecular weight excluding hydrogens is 328 g/mol. The van der Waals surface area contributed by atoms with Gasteiger partial charge in [-0.3, -0.25) is 10.1 Å². The first-order valence-electron chi connectivity index (χ1n) is 3.69. The molecule has 0 unspecified atom stereocenters. The number of nitrogens with zero attached hydrogens (tertiary/aromatic N) is 1. The van der Waals surface area contributed by atoms with Gasteiger partial charge in [-0.05, 0) is 0 Å². The molecular formula is C8H7BrCl3NO2. The Morgan fingerprint density at radius 3 is 2.13 bits per heavy atom. The fourth-order valence-electron chi connectivity index (χ4n) is 0.802. The van der Waals surface area contributed by atoms with E-state index in [0.717, 1.165) is 0 Å². The smallest absolute Gasteiger partial charge is 0.258 e. The number of hydrogen-bond donors (Lipinski definition) is 0. The van der Waals surface area contributed by atoms with Crippen LogP contribution in [-0.4, -0.2) is 9.22 Å². The number of benzene rings is 1. The summed E-state index contributed by atoms with van der Waals surface area (Å²) < 4.78 is -0.750. The maximum Gasteiger partial charge on any atom is 0.273 e. The van der Waals surface area contributed by atoms with Gasteiger partial charge in [-0.1, -0.05) is 68.9 Å². The molecule has 0 aliphatic rings. The molecule has 0 saturated heterocycles. The van der Waals surface area contributed by atoms with E-state index < -0.39 is 4.30 Å². The van der Waals surface area contributed by atoms with Crippen LogP contribution in [0.2, 0.25) is 0 Å². The van der Waals surface area contributed by atoms with Crippen molar-refractivity contribution in [1.29, 1.82) is 0 Å². The van der Waals surface area contributed by atoms with Crippen LogP contribution in [0, 0.1) is 10.1 Å². The largest absolute Gasteiger partial charge is 0.273 e. The van der Waals surface area contributed by atoms with Crippen LogP contribution in [0.15, 0.2) is 24.3 Å². The molecule has 0 aliphatic carbocycles. The van der Waals surface area contributed by atoms with Crippen LogP contribution in [0.3, 0.4) is 0 Å². The monoisotopic (exact) mass is 333 g/mol. The quantitative estimate of drug-likeness (QED) is 0.454. The lowest BCUT2D eigenvalue weighted by Crippen LogP contribution is -1.91.